The molecule has 0 aliphatic carbocycles. The number of fused-ring (bicyclic) bond motifs is 1. The fourth-order valence-electron chi connectivity index (χ4n) is 3.93. The van der Waals surface area contributed by atoms with Gasteiger partial charge in [0, 0.05) is 42.6 Å². The SMILES string of the molecule is O=C(c1ccc(C(F)(F)F)nc1)N1CCC(NC(=O)N2CCc3cc(Cl)ccc32)CC1. The number of benzene rings is 1. The molecular weight excluding hydrogens is 433 g/mol. The smallest absolute Gasteiger partial charge is 0.338 e. The maximum atomic E-state index is 12.7. The van der Waals surface area contributed by atoms with Crippen LogP contribution >= 0.6 is 11.6 Å². The predicted octanol–water partition coefficient (Wildman–Crippen LogP) is 4.13. The standard InChI is InChI=1S/C21H20ClF3N4O2/c22-15-2-3-17-13(11-15)5-10-29(17)20(31)27-16-6-8-28(9-7-16)19(30)14-1-4-18(26-12-14)21(23,24)25/h1-4,11-12,16H,5-10H2,(H,27,31). The summed E-state index contributed by atoms with van der Waals surface area (Å²) in [6, 6.07) is 7.14. The van der Waals surface area contributed by atoms with E-state index in [9.17, 15) is 22.8 Å². The molecule has 2 aliphatic heterocycles. The van der Waals surface area contributed by atoms with Crippen molar-refractivity contribution in [1.82, 2.24) is 15.2 Å². The zero-order chi connectivity index (χ0) is 22.2. The number of carbonyl (C=O) groups excluding carboxylic acids is 2. The lowest BCUT2D eigenvalue weighted by molar-refractivity contribution is -0.141. The van der Waals surface area contributed by atoms with E-state index in [1.54, 1.807) is 15.9 Å². The minimum atomic E-state index is -4.54. The molecule has 10 heteroatoms. The van der Waals surface area contributed by atoms with E-state index in [0.717, 1.165) is 36.0 Å². The Kier molecular flexibility index (Phi) is 5.79. The van der Waals surface area contributed by atoms with E-state index in [1.165, 1.54) is 0 Å². The highest BCUT2D eigenvalue weighted by molar-refractivity contribution is 6.30. The van der Waals surface area contributed by atoms with Crippen molar-refractivity contribution in [3.63, 3.8) is 0 Å². The first-order valence-corrected chi connectivity index (χ1v) is 10.3. The second-order valence-electron chi connectivity index (χ2n) is 7.62. The zero-order valence-corrected chi connectivity index (χ0v) is 17.2. The van der Waals surface area contributed by atoms with Crippen LogP contribution in [0.3, 0.4) is 0 Å². The molecule has 164 valence electrons. The first-order valence-electron chi connectivity index (χ1n) is 9.91. The minimum Gasteiger partial charge on any atom is -0.338 e. The molecule has 0 radical (unpaired) electrons. The van der Waals surface area contributed by atoms with E-state index >= 15 is 0 Å². The third-order valence-corrected chi connectivity index (χ3v) is 5.83. The number of anilines is 1. The number of nitrogens with one attached hydrogen (secondary N) is 1. The van der Waals surface area contributed by atoms with Crippen molar-refractivity contribution in [2.24, 2.45) is 0 Å². The number of rotatable bonds is 2. The molecule has 1 fully saturated rings. The average molecular weight is 453 g/mol. The van der Waals surface area contributed by atoms with Gasteiger partial charge in [0.1, 0.15) is 5.69 Å². The molecule has 1 aromatic carbocycles. The molecule has 0 bridgehead atoms. The number of aromatic nitrogens is 1. The average Bonchev–Trinajstić information content (AvgIpc) is 3.16. The summed E-state index contributed by atoms with van der Waals surface area (Å²) in [5.74, 6) is -0.364. The quantitative estimate of drug-likeness (QED) is 0.745. The number of likely N-dealkylation sites (tertiary alicyclic amines) is 1. The van der Waals surface area contributed by atoms with Crippen molar-refractivity contribution in [3.05, 3.63) is 58.4 Å². The van der Waals surface area contributed by atoms with Gasteiger partial charge in [-0.05, 0) is 55.2 Å². The molecule has 0 atom stereocenters. The van der Waals surface area contributed by atoms with Crippen LogP contribution in [0.15, 0.2) is 36.5 Å². The van der Waals surface area contributed by atoms with Crippen molar-refractivity contribution in [2.45, 2.75) is 31.5 Å². The first kappa shape index (κ1) is 21.4. The van der Waals surface area contributed by atoms with Crippen LogP contribution in [-0.2, 0) is 12.6 Å². The minimum absolute atomic E-state index is 0.0846. The van der Waals surface area contributed by atoms with Crippen molar-refractivity contribution >= 4 is 29.2 Å². The topological polar surface area (TPSA) is 65.5 Å². The number of nitrogens with zero attached hydrogens (tertiary/aromatic N) is 3. The Morgan fingerprint density at radius 2 is 1.84 bits per heavy atom. The lowest BCUT2D eigenvalue weighted by Gasteiger charge is -2.33. The Labute approximate surface area is 182 Å². The van der Waals surface area contributed by atoms with E-state index in [4.69, 9.17) is 11.6 Å². The molecule has 2 aromatic rings. The molecule has 3 heterocycles. The monoisotopic (exact) mass is 452 g/mol. The van der Waals surface area contributed by atoms with Gasteiger partial charge in [0.25, 0.3) is 5.91 Å². The van der Waals surface area contributed by atoms with Gasteiger partial charge in [-0.2, -0.15) is 13.2 Å². The van der Waals surface area contributed by atoms with Gasteiger partial charge in [-0.3, -0.25) is 14.7 Å². The van der Waals surface area contributed by atoms with Crippen LogP contribution in [0.25, 0.3) is 0 Å². The number of halogens is 4. The van der Waals surface area contributed by atoms with Crippen LogP contribution in [0.1, 0.15) is 34.5 Å². The van der Waals surface area contributed by atoms with Crippen molar-refractivity contribution in [1.29, 1.82) is 0 Å². The van der Waals surface area contributed by atoms with Gasteiger partial charge in [-0.1, -0.05) is 11.6 Å². The maximum absolute atomic E-state index is 12.7. The summed E-state index contributed by atoms with van der Waals surface area (Å²) in [5.41, 5.74) is 0.969. The summed E-state index contributed by atoms with van der Waals surface area (Å²) in [7, 11) is 0. The van der Waals surface area contributed by atoms with E-state index in [1.807, 2.05) is 12.1 Å². The van der Waals surface area contributed by atoms with Gasteiger partial charge in [0.15, 0.2) is 0 Å². The zero-order valence-electron chi connectivity index (χ0n) is 16.5. The number of pyridine rings is 1. The highest BCUT2D eigenvalue weighted by atomic mass is 35.5. The summed E-state index contributed by atoms with van der Waals surface area (Å²) in [6.07, 6.45) is -1.71. The molecule has 0 unspecified atom stereocenters. The van der Waals surface area contributed by atoms with E-state index in [2.05, 4.69) is 10.3 Å². The fourth-order valence-corrected chi connectivity index (χ4v) is 4.13. The molecule has 3 amide bonds. The molecule has 1 aromatic heterocycles. The van der Waals surface area contributed by atoms with E-state index in [-0.39, 0.29) is 23.5 Å². The number of hydrogen-bond donors (Lipinski definition) is 1. The Morgan fingerprint density at radius 1 is 1.10 bits per heavy atom. The molecule has 0 saturated carbocycles. The van der Waals surface area contributed by atoms with Crippen molar-refractivity contribution in [2.75, 3.05) is 24.5 Å². The number of urea groups is 1. The van der Waals surface area contributed by atoms with Gasteiger partial charge < -0.3 is 10.2 Å². The van der Waals surface area contributed by atoms with Gasteiger partial charge in [-0.25, -0.2) is 4.79 Å². The second-order valence-corrected chi connectivity index (χ2v) is 8.06. The molecule has 1 saturated heterocycles. The maximum Gasteiger partial charge on any atom is 0.433 e. The number of alkyl halides is 3. The molecule has 6 nitrogen and oxygen atoms in total. The molecular formula is C21H20ClF3N4O2. The summed E-state index contributed by atoms with van der Waals surface area (Å²) >= 11 is 6.01. The summed E-state index contributed by atoms with van der Waals surface area (Å²) in [5, 5.41) is 3.66. The summed E-state index contributed by atoms with van der Waals surface area (Å²) < 4.78 is 37.9. The molecule has 0 spiro atoms. The first-order chi connectivity index (χ1) is 14.7. The van der Waals surface area contributed by atoms with Crippen LogP contribution in [0.5, 0.6) is 0 Å². The van der Waals surface area contributed by atoms with Gasteiger partial charge in [-0.15, -0.1) is 0 Å². The van der Waals surface area contributed by atoms with Crippen molar-refractivity contribution < 1.29 is 22.8 Å². The summed E-state index contributed by atoms with van der Waals surface area (Å²) in [6.45, 7) is 1.38. The van der Waals surface area contributed by atoms with Crippen LogP contribution in [0.2, 0.25) is 5.02 Å². The highest BCUT2D eigenvalue weighted by Gasteiger charge is 2.33. The molecule has 2 aliphatic rings. The van der Waals surface area contributed by atoms with Crippen LogP contribution in [-0.4, -0.2) is 47.5 Å². The van der Waals surface area contributed by atoms with E-state index < -0.39 is 11.9 Å². The van der Waals surface area contributed by atoms with Crippen molar-refractivity contribution in [3.8, 4) is 0 Å². The Morgan fingerprint density at radius 3 is 2.48 bits per heavy atom. The van der Waals surface area contributed by atoms with Crippen LogP contribution < -0.4 is 10.2 Å². The largest absolute Gasteiger partial charge is 0.433 e. The summed E-state index contributed by atoms with van der Waals surface area (Å²) in [4.78, 5) is 31.9. The number of amides is 3. The van der Waals surface area contributed by atoms with Gasteiger partial charge in [0.05, 0.1) is 5.56 Å². The lowest BCUT2D eigenvalue weighted by Crippen LogP contribution is -2.50. The normalized spacial score (nSPS) is 16.9. The highest BCUT2D eigenvalue weighted by Crippen LogP contribution is 2.31. The Hall–Kier alpha value is -2.81. The third-order valence-electron chi connectivity index (χ3n) is 5.59. The third kappa shape index (κ3) is 4.61. The van der Waals surface area contributed by atoms with Gasteiger partial charge >= 0.3 is 12.2 Å². The Bertz CT molecular complexity index is 989. The number of carbonyl (C=O) groups is 2. The van der Waals surface area contributed by atoms with E-state index in [0.29, 0.717) is 37.5 Å². The molecule has 1 N–H and O–H groups in total. The molecule has 4 rings (SSSR count). The lowest BCUT2D eigenvalue weighted by atomic mass is 10.0. The molecule has 31 heavy (non-hydrogen) atoms. The van der Waals surface area contributed by atoms with Crippen LogP contribution in [0, 0.1) is 0 Å². The van der Waals surface area contributed by atoms with Gasteiger partial charge in [0.2, 0.25) is 0 Å². The van der Waals surface area contributed by atoms with Crippen LogP contribution in [0.4, 0.5) is 23.7 Å². The Balaban J connectivity index is 1.31. The predicted molar refractivity (Wildman–Crippen MR) is 109 cm³/mol. The second kappa shape index (κ2) is 8.37. The number of piperidine rings is 1. The number of hydrogen-bond acceptors (Lipinski definition) is 3. The fraction of sp³-hybridized carbons (Fsp3) is 0.381.